The molecule has 1 aromatic heterocycles. The molecular weight excluding hydrogens is 274 g/mol. The Labute approximate surface area is 123 Å². The highest BCUT2D eigenvalue weighted by Gasteiger charge is 2.05. The molecule has 1 amide bonds. The van der Waals surface area contributed by atoms with Crippen LogP contribution in [0.2, 0.25) is 5.15 Å². The van der Waals surface area contributed by atoms with Crippen molar-refractivity contribution in [3.63, 3.8) is 0 Å². The molecule has 20 heavy (non-hydrogen) atoms. The number of nitrogens with zero attached hydrogens (tertiary/aromatic N) is 1. The van der Waals surface area contributed by atoms with E-state index in [2.05, 4.69) is 15.6 Å². The van der Waals surface area contributed by atoms with Crippen LogP contribution >= 0.6 is 11.6 Å². The van der Waals surface area contributed by atoms with Gasteiger partial charge in [-0.2, -0.15) is 0 Å². The molecule has 0 fully saturated rings. The van der Waals surface area contributed by atoms with Crippen molar-refractivity contribution in [2.24, 2.45) is 0 Å². The lowest BCUT2D eigenvalue weighted by molar-refractivity contribution is -0.114. The Morgan fingerprint density at radius 3 is 2.65 bits per heavy atom. The molecule has 0 aliphatic heterocycles. The number of rotatable bonds is 4. The molecule has 0 unspecified atom stereocenters. The Morgan fingerprint density at radius 2 is 2.00 bits per heavy atom. The van der Waals surface area contributed by atoms with Gasteiger partial charge in [0.05, 0.1) is 0 Å². The lowest BCUT2D eigenvalue weighted by Gasteiger charge is -2.13. The molecule has 1 heterocycles. The van der Waals surface area contributed by atoms with E-state index in [9.17, 15) is 4.79 Å². The average molecular weight is 290 g/mol. The molecule has 4 nitrogen and oxygen atoms in total. The van der Waals surface area contributed by atoms with Gasteiger partial charge in [0.25, 0.3) is 0 Å². The summed E-state index contributed by atoms with van der Waals surface area (Å²) in [4.78, 5) is 15.2. The van der Waals surface area contributed by atoms with Gasteiger partial charge in [-0.25, -0.2) is 4.98 Å². The van der Waals surface area contributed by atoms with E-state index in [4.69, 9.17) is 11.6 Å². The van der Waals surface area contributed by atoms with Crippen LogP contribution in [0.5, 0.6) is 0 Å². The highest BCUT2D eigenvalue weighted by molar-refractivity contribution is 6.29. The van der Waals surface area contributed by atoms with Crippen LogP contribution in [-0.4, -0.2) is 10.9 Å². The second kappa shape index (κ2) is 6.39. The zero-order chi connectivity index (χ0) is 14.5. The van der Waals surface area contributed by atoms with Gasteiger partial charge in [0.1, 0.15) is 5.15 Å². The Morgan fingerprint density at radius 1 is 1.25 bits per heavy atom. The van der Waals surface area contributed by atoms with Gasteiger partial charge in [-0.05, 0) is 36.2 Å². The third-order valence-electron chi connectivity index (χ3n) is 2.92. The first-order chi connectivity index (χ1) is 9.56. The van der Waals surface area contributed by atoms with Crippen LogP contribution in [-0.2, 0) is 11.3 Å². The fraction of sp³-hybridized carbons (Fsp3) is 0.200. The summed E-state index contributed by atoms with van der Waals surface area (Å²) in [5, 5.41) is 6.62. The smallest absolute Gasteiger partial charge is 0.221 e. The normalized spacial score (nSPS) is 10.2. The SMILES string of the molecule is CC(=O)Nc1cccc(NCc2ccc(Cl)nc2)c1C. The number of hydrogen-bond acceptors (Lipinski definition) is 3. The summed E-state index contributed by atoms with van der Waals surface area (Å²) < 4.78 is 0. The molecule has 0 bridgehead atoms. The Bertz CT molecular complexity index is 611. The third kappa shape index (κ3) is 3.71. The number of benzene rings is 1. The fourth-order valence-corrected chi connectivity index (χ4v) is 1.97. The van der Waals surface area contributed by atoms with E-state index in [1.54, 1.807) is 12.3 Å². The van der Waals surface area contributed by atoms with E-state index in [1.165, 1.54) is 6.92 Å². The first-order valence-corrected chi connectivity index (χ1v) is 6.65. The van der Waals surface area contributed by atoms with Crippen LogP contribution in [0.1, 0.15) is 18.1 Å². The van der Waals surface area contributed by atoms with E-state index in [0.29, 0.717) is 11.7 Å². The molecule has 0 aliphatic rings. The molecule has 1 aromatic carbocycles. The second-order valence-electron chi connectivity index (χ2n) is 4.50. The van der Waals surface area contributed by atoms with Crippen LogP contribution in [0.3, 0.4) is 0 Å². The van der Waals surface area contributed by atoms with Crippen LogP contribution < -0.4 is 10.6 Å². The molecule has 0 saturated heterocycles. The maximum absolute atomic E-state index is 11.1. The first-order valence-electron chi connectivity index (χ1n) is 6.28. The lowest BCUT2D eigenvalue weighted by Crippen LogP contribution is -2.09. The Hall–Kier alpha value is -2.07. The molecule has 0 spiro atoms. The molecule has 5 heteroatoms. The van der Waals surface area contributed by atoms with Gasteiger partial charge in [-0.1, -0.05) is 23.7 Å². The average Bonchev–Trinajstić information content (AvgIpc) is 2.41. The van der Waals surface area contributed by atoms with E-state index in [0.717, 1.165) is 22.5 Å². The molecule has 2 N–H and O–H groups in total. The van der Waals surface area contributed by atoms with Crippen LogP contribution in [0.25, 0.3) is 0 Å². The number of pyridine rings is 1. The van der Waals surface area contributed by atoms with E-state index < -0.39 is 0 Å². The van der Waals surface area contributed by atoms with Crippen molar-refractivity contribution in [1.82, 2.24) is 4.98 Å². The first kappa shape index (κ1) is 14.3. The number of aromatic nitrogens is 1. The minimum absolute atomic E-state index is 0.0767. The molecule has 104 valence electrons. The topological polar surface area (TPSA) is 54.0 Å². The van der Waals surface area contributed by atoms with Crippen molar-refractivity contribution >= 4 is 28.9 Å². The van der Waals surface area contributed by atoms with Gasteiger partial charge in [0.15, 0.2) is 0 Å². The summed E-state index contributed by atoms with van der Waals surface area (Å²) in [5.74, 6) is -0.0767. The highest BCUT2D eigenvalue weighted by Crippen LogP contribution is 2.23. The van der Waals surface area contributed by atoms with E-state index in [-0.39, 0.29) is 5.91 Å². The van der Waals surface area contributed by atoms with Crippen molar-refractivity contribution < 1.29 is 4.79 Å². The number of nitrogens with one attached hydrogen (secondary N) is 2. The van der Waals surface area contributed by atoms with E-state index >= 15 is 0 Å². The minimum Gasteiger partial charge on any atom is -0.381 e. The number of anilines is 2. The predicted octanol–water partition coefficient (Wildman–Crippen LogP) is 3.61. The second-order valence-corrected chi connectivity index (χ2v) is 4.89. The third-order valence-corrected chi connectivity index (χ3v) is 3.14. The Kier molecular flexibility index (Phi) is 4.58. The molecule has 0 aliphatic carbocycles. The quantitative estimate of drug-likeness (QED) is 0.845. The van der Waals surface area contributed by atoms with Gasteiger partial charge >= 0.3 is 0 Å². The molecule has 0 atom stereocenters. The fourth-order valence-electron chi connectivity index (χ4n) is 1.86. The van der Waals surface area contributed by atoms with Crippen molar-refractivity contribution in [2.75, 3.05) is 10.6 Å². The number of carbonyl (C=O) groups is 1. The molecule has 0 saturated carbocycles. The predicted molar refractivity (Wildman–Crippen MR) is 82.1 cm³/mol. The number of carbonyl (C=O) groups excluding carboxylic acids is 1. The van der Waals surface area contributed by atoms with Crippen molar-refractivity contribution in [1.29, 1.82) is 0 Å². The van der Waals surface area contributed by atoms with Gasteiger partial charge in [0.2, 0.25) is 5.91 Å². The summed E-state index contributed by atoms with van der Waals surface area (Å²) >= 11 is 5.75. The van der Waals surface area contributed by atoms with Crippen LogP contribution in [0.4, 0.5) is 11.4 Å². The van der Waals surface area contributed by atoms with Crippen LogP contribution in [0.15, 0.2) is 36.5 Å². The molecule has 2 rings (SSSR count). The van der Waals surface area contributed by atoms with Gasteiger partial charge in [-0.15, -0.1) is 0 Å². The standard InChI is InChI=1S/C15H16ClN3O/c1-10-13(4-3-5-14(10)19-11(2)20)17-8-12-6-7-15(16)18-9-12/h3-7,9,17H,8H2,1-2H3,(H,19,20). The zero-order valence-corrected chi connectivity index (χ0v) is 12.2. The van der Waals surface area contributed by atoms with Crippen LogP contribution in [0, 0.1) is 6.92 Å². The lowest BCUT2D eigenvalue weighted by atomic mass is 10.1. The number of hydrogen-bond donors (Lipinski definition) is 2. The summed E-state index contributed by atoms with van der Waals surface area (Å²) in [6, 6.07) is 9.45. The monoisotopic (exact) mass is 289 g/mol. The largest absolute Gasteiger partial charge is 0.381 e. The maximum Gasteiger partial charge on any atom is 0.221 e. The number of amides is 1. The zero-order valence-electron chi connectivity index (χ0n) is 11.4. The van der Waals surface area contributed by atoms with Crippen molar-refractivity contribution in [2.45, 2.75) is 20.4 Å². The molecular formula is C15H16ClN3O. The summed E-state index contributed by atoms with van der Waals surface area (Å²) in [5.41, 5.74) is 3.84. The van der Waals surface area contributed by atoms with E-state index in [1.807, 2.05) is 31.2 Å². The molecule has 2 aromatic rings. The molecule has 0 radical (unpaired) electrons. The maximum atomic E-state index is 11.1. The van der Waals surface area contributed by atoms with Crippen molar-refractivity contribution in [3.8, 4) is 0 Å². The van der Waals surface area contributed by atoms with Crippen molar-refractivity contribution in [3.05, 3.63) is 52.8 Å². The van der Waals surface area contributed by atoms with Gasteiger partial charge in [-0.3, -0.25) is 4.79 Å². The highest BCUT2D eigenvalue weighted by atomic mass is 35.5. The summed E-state index contributed by atoms with van der Waals surface area (Å²) in [7, 11) is 0. The minimum atomic E-state index is -0.0767. The Balaban J connectivity index is 2.09. The summed E-state index contributed by atoms with van der Waals surface area (Å²) in [6.07, 6.45) is 1.74. The van der Waals surface area contributed by atoms with Gasteiger partial charge in [0, 0.05) is 31.0 Å². The number of halogens is 1. The van der Waals surface area contributed by atoms with Gasteiger partial charge < -0.3 is 10.6 Å². The summed E-state index contributed by atoms with van der Waals surface area (Å²) in [6.45, 7) is 4.11.